The van der Waals surface area contributed by atoms with Crippen LogP contribution in [0.5, 0.6) is 0 Å². The highest BCUT2D eigenvalue weighted by Gasteiger charge is 2.22. The number of unbranched alkanes of at least 4 members (excludes halogenated alkanes) is 4. The number of carboxylic acids is 1. The van der Waals surface area contributed by atoms with Gasteiger partial charge >= 0.3 is 5.97 Å². The van der Waals surface area contributed by atoms with Crippen molar-refractivity contribution in [2.45, 2.75) is 65.3 Å². The van der Waals surface area contributed by atoms with E-state index in [1.54, 1.807) is 0 Å². The van der Waals surface area contributed by atoms with Crippen LogP contribution >= 0.6 is 0 Å². The molecular weight excluding hydrogens is 202 g/mol. The van der Waals surface area contributed by atoms with Gasteiger partial charge in [0.1, 0.15) is 0 Å². The quantitative estimate of drug-likeness (QED) is 0.650. The van der Waals surface area contributed by atoms with Crippen LogP contribution < -0.4 is 0 Å². The van der Waals surface area contributed by atoms with E-state index in [2.05, 4.69) is 27.7 Å². The van der Waals surface area contributed by atoms with Crippen molar-refractivity contribution in [1.29, 1.82) is 0 Å². The van der Waals surface area contributed by atoms with Crippen LogP contribution in [0, 0.1) is 0 Å². The summed E-state index contributed by atoms with van der Waals surface area (Å²) in [6, 6.07) is 0. The predicted octanol–water partition coefficient (Wildman–Crippen LogP) is 3.14. The molecule has 0 aromatic carbocycles. The summed E-state index contributed by atoms with van der Waals surface area (Å²) < 4.78 is 0. The zero-order valence-electron chi connectivity index (χ0n) is 11.3. The van der Waals surface area contributed by atoms with Crippen molar-refractivity contribution < 1.29 is 9.90 Å². The first-order valence-corrected chi connectivity index (χ1v) is 6.34. The highest BCUT2D eigenvalue weighted by Crippen LogP contribution is 2.14. The summed E-state index contributed by atoms with van der Waals surface area (Å²) in [6.07, 6.45) is 6.11. The van der Waals surface area contributed by atoms with Crippen molar-refractivity contribution in [2.24, 2.45) is 0 Å². The highest BCUT2D eigenvalue weighted by molar-refractivity contribution is 5.69. The molecule has 96 valence electrons. The average Bonchev–Trinajstić information content (AvgIpc) is 2.13. The average molecular weight is 229 g/mol. The van der Waals surface area contributed by atoms with E-state index in [0.717, 1.165) is 13.0 Å². The molecule has 0 heterocycles. The third kappa shape index (κ3) is 7.69. The number of nitrogens with zero attached hydrogens (tertiary/aromatic N) is 1. The van der Waals surface area contributed by atoms with Crippen molar-refractivity contribution in [3.8, 4) is 0 Å². The summed E-state index contributed by atoms with van der Waals surface area (Å²) >= 11 is 0. The first-order chi connectivity index (χ1) is 7.38. The van der Waals surface area contributed by atoms with Gasteiger partial charge < -0.3 is 5.11 Å². The van der Waals surface area contributed by atoms with Crippen LogP contribution in [-0.4, -0.2) is 34.6 Å². The van der Waals surface area contributed by atoms with Crippen LogP contribution in [0.15, 0.2) is 0 Å². The van der Waals surface area contributed by atoms with Crippen molar-refractivity contribution in [3.63, 3.8) is 0 Å². The molecule has 0 bridgehead atoms. The standard InChI is InChI=1S/C13H27NO2/c1-5-6-7-8-9-10-14(11-12(15)16)13(2,3)4/h5-11H2,1-4H3,(H,15,16). The minimum atomic E-state index is -0.733. The van der Waals surface area contributed by atoms with Gasteiger partial charge in [-0.15, -0.1) is 0 Å². The lowest BCUT2D eigenvalue weighted by atomic mass is 10.0. The molecule has 0 fully saturated rings. The Balaban J connectivity index is 3.89. The lowest BCUT2D eigenvalue weighted by Gasteiger charge is -2.34. The van der Waals surface area contributed by atoms with E-state index in [0.29, 0.717) is 0 Å². The lowest BCUT2D eigenvalue weighted by molar-refractivity contribution is -0.139. The predicted molar refractivity (Wildman–Crippen MR) is 67.7 cm³/mol. The molecule has 16 heavy (non-hydrogen) atoms. The molecule has 3 nitrogen and oxygen atoms in total. The Morgan fingerprint density at radius 2 is 1.69 bits per heavy atom. The summed E-state index contributed by atoms with van der Waals surface area (Å²) in [5, 5.41) is 8.85. The van der Waals surface area contributed by atoms with E-state index in [1.807, 2.05) is 4.90 Å². The molecule has 0 aliphatic carbocycles. The van der Waals surface area contributed by atoms with Crippen LogP contribution in [0.3, 0.4) is 0 Å². The van der Waals surface area contributed by atoms with E-state index in [4.69, 9.17) is 5.11 Å². The SMILES string of the molecule is CCCCCCCN(CC(=O)O)C(C)(C)C. The summed E-state index contributed by atoms with van der Waals surface area (Å²) in [5.74, 6) is -0.733. The summed E-state index contributed by atoms with van der Waals surface area (Å²) in [6.45, 7) is 9.45. The van der Waals surface area contributed by atoms with E-state index < -0.39 is 5.97 Å². The van der Waals surface area contributed by atoms with Gasteiger partial charge in [0, 0.05) is 5.54 Å². The molecule has 0 saturated carbocycles. The number of carboxylic acid groups (broad SMARTS) is 1. The fraction of sp³-hybridized carbons (Fsp3) is 0.923. The number of carbonyl (C=O) groups is 1. The molecule has 0 aromatic rings. The Bertz CT molecular complexity index is 197. The third-order valence-electron chi connectivity index (χ3n) is 2.81. The van der Waals surface area contributed by atoms with Crippen LogP contribution in [0.2, 0.25) is 0 Å². The Labute approximate surface area is 99.8 Å². The van der Waals surface area contributed by atoms with Gasteiger partial charge in [-0.2, -0.15) is 0 Å². The van der Waals surface area contributed by atoms with Gasteiger partial charge in [-0.05, 0) is 33.7 Å². The zero-order chi connectivity index (χ0) is 12.6. The molecule has 3 heteroatoms. The Hall–Kier alpha value is -0.570. The smallest absolute Gasteiger partial charge is 0.317 e. The molecule has 0 radical (unpaired) electrons. The second-order valence-corrected chi connectivity index (χ2v) is 5.40. The Morgan fingerprint density at radius 1 is 1.12 bits per heavy atom. The third-order valence-corrected chi connectivity index (χ3v) is 2.81. The van der Waals surface area contributed by atoms with Crippen LogP contribution in [0.1, 0.15) is 59.8 Å². The molecule has 0 aromatic heterocycles. The van der Waals surface area contributed by atoms with Gasteiger partial charge in [0.05, 0.1) is 6.54 Å². The number of aliphatic carboxylic acids is 1. The van der Waals surface area contributed by atoms with Crippen molar-refractivity contribution in [2.75, 3.05) is 13.1 Å². The van der Waals surface area contributed by atoms with E-state index >= 15 is 0 Å². The minimum Gasteiger partial charge on any atom is -0.480 e. The highest BCUT2D eigenvalue weighted by atomic mass is 16.4. The van der Waals surface area contributed by atoms with Gasteiger partial charge in [0.25, 0.3) is 0 Å². The molecule has 0 rings (SSSR count). The first kappa shape index (κ1) is 15.4. The van der Waals surface area contributed by atoms with Crippen LogP contribution in [0.25, 0.3) is 0 Å². The zero-order valence-corrected chi connectivity index (χ0v) is 11.3. The van der Waals surface area contributed by atoms with Gasteiger partial charge in [-0.3, -0.25) is 9.69 Å². The molecule has 0 saturated heterocycles. The monoisotopic (exact) mass is 229 g/mol. The number of hydrogen-bond donors (Lipinski definition) is 1. The molecule has 0 aliphatic heterocycles. The fourth-order valence-electron chi connectivity index (χ4n) is 1.72. The van der Waals surface area contributed by atoms with Crippen molar-refractivity contribution in [3.05, 3.63) is 0 Å². The summed E-state index contributed by atoms with van der Waals surface area (Å²) in [4.78, 5) is 12.8. The summed E-state index contributed by atoms with van der Waals surface area (Å²) in [5.41, 5.74) is -0.0524. The second kappa shape index (κ2) is 7.66. The van der Waals surface area contributed by atoms with Crippen LogP contribution in [0.4, 0.5) is 0 Å². The maximum absolute atomic E-state index is 10.7. The molecular formula is C13H27NO2. The second-order valence-electron chi connectivity index (χ2n) is 5.40. The normalized spacial score (nSPS) is 12.1. The fourth-order valence-corrected chi connectivity index (χ4v) is 1.72. The molecule has 0 amide bonds. The Kier molecular flexibility index (Phi) is 7.39. The molecule has 0 aliphatic rings. The summed E-state index contributed by atoms with van der Waals surface area (Å²) in [7, 11) is 0. The number of hydrogen-bond acceptors (Lipinski definition) is 2. The van der Waals surface area contributed by atoms with Crippen molar-refractivity contribution >= 4 is 5.97 Å². The minimum absolute atomic E-state index is 0.0524. The first-order valence-electron chi connectivity index (χ1n) is 6.34. The van der Waals surface area contributed by atoms with Gasteiger partial charge in [-0.25, -0.2) is 0 Å². The van der Waals surface area contributed by atoms with E-state index in [9.17, 15) is 4.79 Å². The maximum Gasteiger partial charge on any atom is 0.317 e. The molecule has 0 unspecified atom stereocenters. The maximum atomic E-state index is 10.7. The lowest BCUT2D eigenvalue weighted by Crippen LogP contribution is -2.44. The Morgan fingerprint density at radius 3 is 2.12 bits per heavy atom. The van der Waals surface area contributed by atoms with Crippen molar-refractivity contribution in [1.82, 2.24) is 4.90 Å². The largest absolute Gasteiger partial charge is 0.480 e. The number of rotatable bonds is 8. The van der Waals surface area contributed by atoms with E-state index in [1.165, 1.54) is 25.7 Å². The van der Waals surface area contributed by atoms with Gasteiger partial charge in [0.2, 0.25) is 0 Å². The van der Waals surface area contributed by atoms with Gasteiger partial charge in [-0.1, -0.05) is 32.6 Å². The van der Waals surface area contributed by atoms with Crippen LogP contribution in [-0.2, 0) is 4.79 Å². The topological polar surface area (TPSA) is 40.5 Å². The van der Waals surface area contributed by atoms with E-state index in [-0.39, 0.29) is 12.1 Å². The molecule has 0 atom stereocenters. The van der Waals surface area contributed by atoms with Gasteiger partial charge in [0.15, 0.2) is 0 Å². The molecule has 1 N–H and O–H groups in total. The molecule has 0 spiro atoms.